The molecule has 8 heteroatoms. The smallest absolute Gasteiger partial charge is 0.407 e. The Bertz CT molecular complexity index is 1360. The zero-order valence-electron chi connectivity index (χ0n) is 20.2. The van der Waals surface area contributed by atoms with Crippen LogP contribution in [0.4, 0.5) is 10.5 Å². The maximum absolute atomic E-state index is 12.6. The molecule has 0 aliphatic heterocycles. The molecule has 0 radical (unpaired) electrons. The normalized spacial score (nSPS) is 10.9. The van der Waals surface area contributed by atoms with Gasteiger partial charge in [0.1, 0.15) is 5.58 Å². The lowest BCUT2D eigenvalue weighted by Crippen LogP contribution is -2.25. The monoisotopic (exact) mass is 475 g/mol. The van der Waals surface area contributed by atoms with Crippen LogP contribution in [0.25, 0.3) is 22.3 Å². The molecule has 0 saturated heterocycles. The Morgan fingerprint density at radius 2 is 1.97 bits per heavy atom. The number of fused-ring (bicyclic) bond motifs is 1. The van der Waals surface area contributed by atoms with Crippen LogP contribution in [0.3, 0.4) is 0 Å². The average molecular weight is 476 g/mol. The van der Waals surface area contributed by atoms with E-state index in [9.17, 15) is 9.59 Å². The van der Waals surface area contributed by atoms with Gasteiger partial charge in [0, 0.05) is 54.3 Å². The molecule has 0 atom stereocenters. The first-order valence-corrected chi connectivity index (χ1v) is 11.7. The summed E-state index contributed by atoms with van der Waals surface area (Å²) in [5.74, 6) is 0.656. The summed E-state index contributed by atoms with van der Waals surface area (Å²) < 4.78 is 16.2. The second-order valence-corrected chi connectivity index (χ2v) is 8.15. The number of amides is 1. The van der Waals surface area contributed by atoms with Gasteiger partial charge >= 0.3 is 11.7 Å². The lowest BCUT2D eigenvalue weighted by Gasteiger charge is -2.21. The van der Waals surface area contributed by atoms with Crippen molar-refractivity contribution in [3.05, 3.63) is 82.2 Å². The van der Waals surface area contributed by atoms with Gasteiger partial charge in [-0.15, -0.1) is 0 Å². The van der Waals surface area contributed by atoms with Crippen molar-refractivity contribution in [2.24, 2.45) is 0 Å². The molecule has 2 aromatic heterocycles. The summed E-state index contributed by atoms with van der Waals surface area (Å²) in [6, 6.07) is 13.5. The molecule has 182 valence electrons. The number of nitrogens with one attached hydrogen (secondary N) is 1. The largest absolute Gasteiger partial charge is 0.449 e. The molecule has 0 spiro atoms. The molecule has 1 amide bonds. The zero-order valence-corrected chi connectivity index (χ0v) is 20.2. The van der Waals surface area contributed by atoms with Crippen LogP contribution in [-0.4, -0.2) is 30.8 Å². The Labute approximate surface area is 203 Å². The van der Waals surface area contributed by atoms with Crippen LogP contribution in [0, 0.1) is 6.92 Å². The van der Waals surface area contributed by atoms with Gasteiger partial charge in [-0.3, -0.25) is 0 Å². The Balaban J connectivity index is 1.35. The van der Waals surface area contributed by atoms with Crippen LogP contribution in [0.15, 0.2) is 68.7 Å². The summed E-state index contributed by atoms with van der Waals surface area (Å²) in [6.45, 7) is 8.18. The van der Waals surface area contributed by atoms with Gasteiger partial charge in [0.2, 0.25) is 0 Å². The van der Waals surface area contributed by atoms with Crippen LogP contribution in [-0.2, 0) is 17.7 Å². The first-order chi connectivity index (χ1) is 17.0. The van der Waals surface area contributed by atoms with Crippen molar-refractivity contribution in [3.8, 4) is 11.3 Å². The molecule has 0 bridgehead atoms. The Morgan fingerprint density at radius 3 is 2.71 bits per heavy atom. The van der Waals surface area contributed by atoms with E-state index < -0.39 is 11.7 Å². The fourth-order valence-electron chi connectivity index (χ4n) is 4.12. The number of alkyl carbamates (subject to hydrolysis) is 1. The molecular formula is C27H29N3O5. The summed E-state index contributed by atoms with van der Waals surface area (Å²) in [5.41, 5.74) is 4.30. The molecule has 0 aliphatic carbocycles. The zero-order chi connectivity index (χ0) is 24.8. The Kier molecular flexibility index (Phi) is 7.50. The van der Waals surface area contributed by atoms with Crippen LogP contribution in [0.1, 0.15) is 30.5 Å². The van der Waals surface area contributed by atoms with Crippen LogP contribution < -0.4 is 15.8 Å². The Morgan fingerprint density at radius 1 is 1.14 bits per heavy atom. The molecule has 0 unspecified atom stereocenters. The number of carbonyl (C=O) groups is 1. The summed E-state index contributed by atoms with van der Waals surface area (Å²) >= 11 is 0. The maximum Gasteiger partial charge on any atom is 0.407 e. The minimum atomic E-state index is -0.554. The minimum absolute atomic E-state index is 0.0680. The number of aromatic nitrogens is 1. The molecule has 0 aliphatic rings. The number of benzene rings is 2. The first-order valence-electron chi connectivity index (χ1n) is 11.7. The quantitative estimate of drug-likeness (QED) is 0.338. The van der Waals surface area contributed by atoms with E-state index in [1.54, 1.807) is 6.20 Å². The maximum atomic E-state index is 12.6. The number of hydrogen-bond donors (Lipinski definition) is 1. The van der Waals surface area contributed by atoms with Gasteiger partial charge in [-0.1, -0.05) is 18.2 Å². The van der Waals surface area contributed by atoms with E-state index >= 15 is 0 Å². The van der Waals surface area contributed by atoms with Crippen molar-refractivity contribution < 1.29 is 18.4 Å². The first kappa shape index (κ1) is 24.1. The van der Waals surface area contributed by atoms with Gasteiger partial charge < -0.3 is 23.8 Å². The van der Waals surface area contributed by atoms with Crippen molar-refractivity contribution >= 4 is 22.7 Å². The number of rotatable bonds is 9. The predicted octanol–water partition coefficient (Wildman–Crippen LogP) is 5.07. The molecule has 2 heterocycles. The SMILES string of the molecule is CCN(CC)c1ccc2c(C)c(CCOC(=O)NCc3cccc(-c4cnco4)c3)c(=O)oc2c1. The van der Waals surface area contributed by atoms with Gasteiger partial charge in [0.15, 0.2) is 12.2 Å². The van der Waals surface area contributed by atoms with Crippen LogP contribution >= 0.6 is 0 Å². The van der Waals surface area contributed by atoms with Crippen LogP contribution in [0.5, 0.6) is 0 Å². The minimum Gasteiger partial charge on any atom is -0.449 e. The highest BCUT2D eigenvalue weighted by atomic mass is 16.5. The summed E-state index contributed by atoms with van der Waals surface area (Å²) in [4.78, 5) is 30.9. The van der Waals surface area contributed by atoms with Gasteiger partial charge in [0.05, 0.1) is 12.8 Å². The van der Waals surface area contributed by atoms with E-state index in [4.69, 9.17) is 13.6 Å². The van der Waals surface area contributed by atoms with E-state index in [1.165, 1.54) is 6.39 Å². The average Bonchev–Trinajstić information content (AvgIpc) is 3.41. The Hall–Kier alpha value is -4.07. The molecule has 8 nitrogen and oxygen atoms in total. The molecular weight excluding hydrogens is 446 g/mol. The fourth-order valence-corrected chi connectivity index (χ4v) is 4.12. The van der Waals surface area contributed by atoms with Gasteiger partial charge in [0.25, 0.3) is 0 Å². The van der Waals surface area contributed by atoms with Crippen molar-refractivity contribution in [1.29, 1.82) is 0 Å². The van der Waals surface area contributed by atoms with E-state index in [2.05, 4.69) is 29.0 Å². The number of hydrogen-bond acceptors (Lipinski definition) is 7. The lowest BCUT2D eigenvalue weighted by molar-refractivity contribution is 0.146. The molecule has 0 saturated carbocycles. The predicted molar refractivity (Wildman–Crippen MR) is 135 cm³/mol. The highest BCUT2D eigenvalue weighted by molar-refractivity contribution is 5.84. The van der Waals surface area contributed by atoms with E-state index in [1.807, 2.05) is 49.4 Å². The molecule has 0 fully saturated rings. The van der Waals surface area contributed by atoms with Crippen molar-refractivity contribution in [3.63, 3.8) is 0 Å². The van der Waals surface area contributed by atoms with Crippen molar-refractivity contribution in [1.82, 2.24) is 10.3 Å². The standard InChI is InChI=1S/C27H29N3O5/c1-4-30(5-2)21-9-10-22-18(3)23(26(31)35-24(22)14-21)11-12-33-27(32)29-15-19-7-6-8-20(13-19)25-16-28-17-34-25/h6-10,13-14,16-17H,4-5,11-12,15H2,1-3H3,(H,29,32). The van der Waals surface area contributed by atoms with Crippen molar-refractivity contribution in [2.45, 2.75) is 33.7 Å². The highest BCUT2D eigenvalue weighted by Crippen LogP contribution is 2.25. The van der Waals surface area contributed by atoms with E-state index in [0.29, 0.717) is 23.5 Å². The third-order valence-corrected chi connectivity index (χ3v) is 6.07. The number of ether oxygens (including phenoxy) is 1. The summed E-state index contributed by atoms with van der Waals surface area (Å²) in [5, 5.41) is 3.61. The molecule has 1 N–H and O–H groups in total. The third kappa shape index (κ3) is 5.54. The summed E-state index contributed by atoms with van der Waals surface area (Å²) in [7, 11) is 0. The van der Waals surface area contributed by atoms with Crippen LogP contribution in [0.2, 0.25) is 0 Å². The molecule has 4 rings (SSSR count). The molecule has 2 aromatic carbocycles. The topological polar surface area (TPSA) is 97.8 Å². The van der Waals surface area contributed by atoms with E-state index in [0.717, 1.165) is 40.9 Å². The number of carbonyl (C=O) groups excluding carboxylic acids is 1. The molecule has 4 aromatic rings. The van der Waals surface area contributed by atoms with Gasteiger partial charge in [-0.2, -0.15) is 0 Å². The van der Waals surface area contributed by atoms with Crippen molar-refractivity contribution in [2.75, 3.05) is 24.6 Å². The van der Waals surface area contributed by atoms with Gasteiger partial charge in [-0.05, 0) is 50.1 Å². The van der Waals surface area contributed by atoms with E-state index in [-0.39, 0.29) is 13.0 Å². The number of aryl methyl sites for hydroxylation is 1. The second kappa shape index (κ2) is 10.9. The number of anilines is 1. The van der Waals surface area contributed by atoms with Gasteiger partial charge in [-0.25, -0.2) is 14.6 Å². The second-order valence-electron chi connectivity index (χ2n) is 8.15. The third-order valence-electron chi connectivity index (χ3n) is 6.07. The number of oxazole rings is 1. The lowest BCUT2D eigenvalue weighted by atomic mass is 10.0. The fraction of sp³-hybridized carbons (Fsp3) is 0.296. The molecule has 35 heavy (non-hydrogen) atoms. The summed E-state index contributed by atoms with van der Waals surface area (Å²) in [6.07, 6.45) is 2.73. The number of nitrogens with zero attached hydrogens (tertiary/aromatic N) is 2. The highest BCUT2D eigenvalue weighted by Gasteiger charge is 2.14.